The average molecular weight is 143 g/mol. The number of fused-ring (bicyclic) bond motifs is 1. The van der Waals surface area contributed by atoms with Gasteiger partial charge in [0, 0.05) is 6.20 Å². The molecule has 1 aromatic rings. The number of hydrogen-bond acceptors (Lipinski definition) is 1. The van der Waals surface area contributed by atoms with Crippen LogP contribution in [0.2, 0.25) is 0 Å². The molecule has 0 N–H and O–H groups in total. The van der Waals surface area contributed by atoms with Crippen LogP contribution in [0.1, 0.15) is 6.42 Å². The number of pyridine rings is 1. The quantitative estimate of drug-likeness (QED) is 0.518. The van der Waals surface area contributed by atoms with Gasteiger partial charge in [-0.2, -0.15) is 0 Å². The van der Waals surface area contributed by atoms with Crippen LogP contribution in [0.25, 0.3) is 12.2 Å². The fourth-order valence-corrected chi connectivity index (χ4v) is 1.17. The number of nitrogens with zero attached hydrogens (tertiary/aromatic N) is 1. The maximum atomic E-state index is 4.25. The molecule has 0 unspecified atom stereocenters. The normalized spacial score (nSPS) is 14.2. The smallest absolute Gasteiger partial charge is 0.0665 e. The molecule has 0 spiro atoms. The molecule has 0 aromatic carbocycles. The van der Waals surface area contributed by atoms with Gasteiger partial charge >= 0.3 is 0 Å². The van der Waals surface area contributed by atoms with Gasteiger partial charge in [-0.1, -0.05) is 30.4 Å². The zero-order valence-corrected chi connectivity index (χ0v) is 6.20. The van der Waals surface area contributed by atoms with Crippen molar-refractivity contribution in [1.82, 2.24) is 4.98 Å². The Morgan fingerprint density at radius 2 is 2.36 bits per heavy atom. The molecule has 0 saturated heterocycles. The summed E-state index contributed by atoms with van der Waals surface area (Å²) < 4.78 is 0. The van der Waals surface area contributed by atoms with E-state index in [2.05, 4.69) is 35.4 Å². The largest absolute Gasteiger partial charge is 0.257 e. The lowest BCUT2D eigenvalue weighted by molar-refractivity contribution is 1.21. The molecule has 1 heterocycles. The lowest BCUT2D eigenvalue weighted by Crippen LogP contribution is -2.26. The molecule has 1 aliphatic carbocycles. The van der Waals surface area contributed by atoms with Crippen LogP contribution in [-0.2, 0) is 0 Å². The molecule has 1 aromatic heterocycles. The van der Waals surface area contributed by atoms with Gasteiger partial charge in [0.05, 0.1) is 5.35 Å². The van der Waals surface area contributed by atoms with Gasteiger partial charge in [-0.25, -0.2) is 0 Å². The number of hydrogen-bond donors (Lipinski definition) is 0. The molecule has 1 nitrogen and oxygen atoms in total. The molecular weight excluding hydrogens is 134 g/mol. The molecule has 0 aliphatic heterocycles. The van der Waals surface area contributed by atoms with Crippen LogP contribution in [0, 0.1) is 0 Å². The van der Waals surface area contributed by atoms with E-state index in [9.17, 15) is 0 Å². The Morgan fingerprint density at radius 1 is 1.36 bits per heavy atom. The molecular formula is C10H9N. The van der Waals surface area contributed by atoms with E-state index in [1.54, 1.807) is 0 Å². The maximum absolute atomic E-state index is 4.25. The van der Waals surface area contributed by atoms with Gasteiger partial charge in [0.25, 0.3) is 0 Å². The Morgan fingerprint density at radius 3 is 3.36 bits per heavy atom. The Kier molecular flexibility index (Phi) is 1.56. The third kappa shape index (κ3) is 1.22. The molecule has 0 fully saturated rings. The molecule has 1 aliphatic rings. The van der Waals surface area contributed by atoms with Gasteiger partial charge in [0.15, 0.2) is 0 Å². The molecule has 0 saturated carbocycles. The van der Waals surface area contributed by atoms with Crippen LogP contribution < -0.4 is 10.6 Å². The minimum Gasteiger partial charge on any atom is -0.257 e. The predicted octanol–water partition coefficient (Wildman–Crippen LogP) is 0.602. The average Bonchev–Trinajstić information content (AvgIpc) is 2.28. The molecule has 0 bridgehead atoms. The van der Waals surface area contributed by atoms with Gasteiger partial charge in [-0.3, -0.25) is 4.98 Å². The van der Waals surface area contributed by atoms with Gasteiger partial charge in [-0.05, 0) is 17.7 Å². The van der Waals surface area contributed by atoms with E-state index < -0.39 is 0 Å². The molecule has 0 radical (unpaired) electrons. The first-order valence-corrected chi connectivity index (χ1v) is 3.75. The van der Waals surface area contributed by atoms with Gasteiger partial charge in [0.2, 0.25) is 0 Å². The second-order valence-corrected chi connectivity index (χ2v) is 2.51. The molecule has 0 amide bonds. The highest BCUT2D eigenvalue weighted by Crippen LogP contribution is 1.86. The van der Waals surface area contributed by atoms with E-state index in [0.29, 0.717) is 0 Å². The Labute approximate surface area is 65.4 Å². The summed E-state index contributed by atoms with van der Waals surface area (Å²) in [6, 6.07) is 4.04. The van der Waals surface area contributed by atoms with Gasteiger partial charge in [-0.15, -0.1) is 0 Å². The Hall–Kier alpha value is -1.37. The van der Waals surface area contributed by atoms with Crippen molar-refractivity contribution in [2.45, 2.75) is 6.42 Å². The van der Waals surface area contributed by atoms with Crippen molar-refractivity contribution >= 4 is 12.2 Å². The molecule has 2 rings (SSSR count). The first-order chi connectivity index (χ1) is 5.47. The minimum absolute atomic E-state index is 0.987. The number of rotatable bonds is 0. The van der Waals surface area contributed by atoms with E-state index in [-0.39, 0.29) is 0 Å². The predicted molar refractivity (Wildman–Crippen MR) is 46.2 cm³/mol. The fourth-order valence-electron chi connectivity index (χ4n) is 1.17. The minimum atomic E-state index is 0.987. The van der Waals surface area contributed by atoms with Gasteiger partial charge < -0.3 is 0 Å². The summed E-state index contributed by atoms with van der Waals surface area (Å²) in [5.41, 5.74) is 0. The van der Waals surface area contributed by atoms with Crippen LogP contribution in [0.4, 0.5) is 0 Å². The van der Waals surface area contributed by atoms with Crippen molar-refractivity contribution in [3.8, 4) is 0 Å². The van der Waals surface area contributed by atoms with E-state index in [4.69, 9.17) is 0 Å². The monoisotopic (exact) mass is 143 g/mol. The van der Waals surface area contributed by atoms with Crippen molar-refractivity contribution in [3.05, 3.63) is 41.0 Å². The second-order valence-electron chi connectivity index (χ2n) is 2.51. The SMILES string of the molecule is C1=CCC=c2ncccc2=C1. The zero-order valence-electron chi connectivity index (χ0n) is 6.20. The first kappa shape index (κ1) is 6.35. The first-order valence-electron chi connectivity index (χ1n) is 3.75. The Balaban J connectivity index is 2.81. The van der Waals surface area contributed by atoms with E-state index >= 15 is 0 Å². The van der Waals surface area contributed by atoms with Crippen molar-refractivity contribution < 1.29 is 0 Å². The highest BCUT2D eigenvalue weighted by molar-refractivity contribution is 5.42. The number of aromatic nitrogens is 1. The Bertz CT molecular complexity index is 388. The zero-order chi connectivity index (χ0) is 7.52. The van der Waals surface area contributed by atoms with E-state index in [0.717, 1.165) is 11.8 Å². The third-order valence-corrected chi connectivity index (χ3v) is 1.73. The summed E-state index contributed by atoms with van der Waals surface area (Å²) >= 11 is 0. The maximum Gasteiger partial charge on any atom is 0.0665 e. The summed E-state index contributed by atoms with van der Waals surface area (Å²) in [5.74, 6) is 0. The lowest BCUT2D eigenvalue weighted by Gasteiger charge is -1.84. The molecule has 0 atom stereocenters. The van der Waals surface area contributed by atoms with Crippen LogP contribution in [0.5, 0.6) is 0 Å². The van der Waals surface area contributed by atoms with Gasteiger partial charge in [0.1, 0.15) is 0 Å². The van der Waals surface area contributed by atoms with Crippen molar-refractivity contribution in [1.29, 1.82) is 0 Å². The van der Waals surface area contributed by atoms with Crippen molar-refractivity contribution in [2.24, 2.45) is 0 Å². The number of allylic oxidation sites excluding steroid dienone is 2. The van der Waals surface area contributed by atoms with E-state index in [1.165, 1.54) is 5.22 Å². The summed E-state index contributed by atoms with van der Waals surface area (Å²) in [6.45, 7) is 0. The standard InChI is InChI=1S/C10H9N/c1-2-5-9-6-4-8-11-10(9)7-3-1/h1-2,4-8H,3H2. The summed E-state index contributed by atoms with van der Waals surface area (Å²) in [6.07, 6.45) is 11.2. The van der Waals surface area contributed by atoms with Crippen molar-refractivity contribution in [3.63, 3.8) is 0 Å². The van der Waals surface area contributed by atoms with E-state index in [1.807, 2.05) is 12.3 Å². The summed E-state index contributed by atoms with van der Waals surface area (Å²) in [5, 5.41) is 2.30. The molecule has 54 valence electrons. The van der Waals surface area contributed by atoms with Crippen molar-refractivity contribution in [2.75, 3.05) is 0 Å². The molecule has 1 heteroatoms. The lowest BCUT2D eigenvalue weighted by atomic mass is 10.3. The fraction of sp³-hybridized carbons (Fsp3) is 0.100. The van der Waals surface area contributed by atoms with Crippen LogP contribution in [-0.4, -0.2) is 4.98 Å². The summed E-state index contributed by atoms with van der Waals surface area (Å²) in [7, 11) is 0. The third-order valence-electron chi connectivity index (χ3n) is 1.73. The van der Waals surface area contributed by atoms with Crippen LogP contribution in [0.3, 0.4) is 0 Å². The van der Waals surface area contributed by atoms with Crippen LogP contribution in [0.15, 0.2) is 30.5 Å². The highest BCUT2D eigenvalue weighted by Gasteiger charge is 1.85. The topological polar surface area (TPSA) is 12.9 Å². The highest BCUT2D eigenvalue weighted by atomic mass is 14.6. The molecule has 11 heavy (non-hydrogen) atoms. The summed E-state index contributed by atoms with van der Waals surface area (Å²) in [4.78, 5) is 4.25. The second kappa shape index (κ2) is 2.70. The van der Waals surface area contributed by atoms with Crippen LogP contribution >= 0.6 is 0 Å².